The lowest BCUT2D eigenvalue weighted by Gasteiger charge is -2.27. The quantitative estimate of drug-likeness (QED) is 0.729. The summed E-state index contributed by atoms with van der Waals surface area (Å²) < 4.78 is 5.29. The second kappa shape index (κ2) is 8.39. The van der Waals surface area contributed by atoms with Gasteiger partial charge in [0.05, 0.1) is 0 Å². The molecule has 0 fully saturated rings. The molecule has 3 heteroatoms. The van der Waals surface area contributed by atoms with Gasteiger partial charge in [0.15, 0.2) is 0 Å². The van der Waals surface area contributed by atoms with Gasteiger partial charge < -0.3 is 10.1 Å². The molecule has 0 aromatic heterocycles. The minimum Gasteiger partial charge on any atom is -0.444 e. The third-order valence-corrected chi connectivity index (χ3v) is 3.04. The number of hydrogen-bond donors (Lipinski definition) is 1. The maximum absolute atomic E-state index is 11.7. The first kappa shape index (κ1) is 17.3. The number of rotatable bonds is 7. The van der Waals surface area contributed by atoms with Crippen LogP contribution >= 0.6 is 0 Å². The van der Waals surface area contributed by atoms with E-state index in [1.165, 1.54) is 19.3 Å². The van der Waals surface area contributed by atoms with Gasteiger partial charge in [0.25, 0.3) is 0 Å². The average molecular weight is 257 g/mol. The van der Waals surface area contributed by atoms with Crippen molar-refractivity contribution in [3.05, 3.63) is 0 Å². The zero-order valence-electron chi connectivity index (χ0n) is 13.0. The van der Waals surface area contributed by atoms with E-state index in [4.69, 9.17) is 4.74 Å². The van der Waals surface area contributed by atoms with Crippen LogP contribution in [-0.2, 0) is 4.74 Å². The van der Waals surface area contributed by atoms with Gasteiger partial charge in [-0.3, -0.25) is 0 Å². The summed E-state index contributed by atoms with van der Waals surface area (Å²) >= 11 is 0. The maximum Gasteiger partial charge on any atom is 0.407 e. The molecule has 0 saturated carbocycles. The monoisotopic (exact) mass is 257 g/mol. The summed E-state index contributed by atoms with van der Waals surface area (Å²) in [4.78, 5) is 11.7. The number of hydrogen-bond acceptors (Lipinski definition) is 2. The van der Waals surface area contributed by atoms with Crippen LogP contribution in [0.5, 0.6) is 0 Å². The molecular formula is C15H31NO2. The van der Waals surface area contributed by atoms with E-state index in [1.54, 1.807) is 0 Å². The van der Waals surface area contributed by atoms with Gasteiger partial charge in [0, 0.05) is 6.04 Å². The molecule has 1 amide bonds. The average Bonchev–Trinajstić information content (AvgIpc) is 2.21. The van der Waals surface area contributed by atoms with E-state index in [1.807, 2.05) is 20.8 Å². The first-order valence-electron chi connectivity index (χ1n) is 7.29. The first-order valence-corrected chi connectivity index (χ1v) is 7.29. The van der Waals surface area contributed by atoms with Gasteiger partial charge >= 0.3 is 6.09 Å². The highest BCUT2D eigenvalue weighted by atomic mass is 16.6. The van der Waals surface area contributed by atoms with Crippen LogP contribution in [0, 0.1) is 5.92 Å². The lowest BCUT2D eigenvalue weighted by Crippen LogP contribution is -2.41. The Morgan fingerprint density at radius 2 is 1.78 bits per heavy atom. The van der Waals surface area contributed by atoms with Gasteiger partial charge in [0.2, 0.25) is 0 Å². The van der Waals surface area contributed by atoms with Gasteiger partial charge in [-0.2, -0.15) is 0 Å². The van der Waals surface area contributed by atoms with Crippen LogP contribution in [0.1, 0.15) is 73.6 Å². The third kappa shape index (κ3) is 8.37. The fourth-order valence-electron chi connectivity index (χ4n) is 2.09. The largest absolute Gasteiger partial charge is 0.444 e. The molecular weight excluding hydrogens is 226 g/mol. The van der Waals surface area contributed by atoms with E-state index >= 15 is 0 Å². The molecule has 0 aromatic rings. The summed E-state index contributed by atoms with van der Waals surface area (Å²) in [6.07, 6.45) is 5.64. The Hall–Kier alpha value is -0.730. The van der Waals surface area contributed by atoms with E-state index in [0.717, 1.165) is 12.8 Å². The van der Waals surface area contributed by atoms with Gasteiger partial charge in [-0.25, -0.2) is 4.79 Å². The Balaban J connectivity index is 4.22. The molecule has 108 valence electrons. The molecule has 1 N–H and O–H groups in total. The summed E-state index contributed by atoms with van der Waals surface area (Å²) in [6, 6.07) is 0.186. The van der Waals surface area contributed by atoms with Crippen LogP contribution in [0.4, 0.5) is 4.79 Å². The van der Waals surface area contributed by atoms with Crippen molar-refractivity contribution >= 4 is 6.09 Å². The van der Waals surface area contributed by atoms with Crippen LogP contribution in [0.3, 0.4) is 0 Å². The molecule has 0 aliphatic heterocycles. The normalized spacial score (nSPS) is 15.0. The van der Waals surface area contributed by atoms with Crippen molar-refractivity contribution in [2.75, 3.05) is 0 Å². The van der Waals surface area contributed by atoms with Crippen molar-refractivity contribution in [3.8, 4) is 0 Å². The summed E-state index contributed by atoms with van der Waals surface area (Å²) in [5.41, 5.74) is -0.423. The van der Waals surface area contributed by atoms with E-state index in [2.05, 4.69) is 26.1 Å². The molecule has 0 bridgehead atoms. The lowest BCUT2D eigenvalue weighted by atomic mass is 9.91. The van der Waals surface area contributed by atoms with Crippen molar-refractivity contribution in [1.82, 2.24) is 5.32 Å². The number of nitrogens with one attached hydrogen (secondary N) is 1. The smallest absolute Gasteiger partial charge is 0.407 e. The molecule has 2 atom stereocenters. The van der Waals surface area contributed by atoms with Crippen LogP contribution in [0.2, 0.25) is 0 Å². The van der Waals surface area contributed by atoms with Crippen LogP contribution in [0.15, 0.2) is 0 Å². The summed E-state index contributed by atoms with van der Waals surface area (Å²) in [6.45, 7) is 12.1. The van der Waals surface area contributed by atoms with Crippen molar-refractivity contribution in [3.63, 3.8) is 0 Å². The highest BCUT2D eigenvalue weighted by molar-refractivity contribution is 5.68. The highest BCUT2D eigenvalue weighted by Gasteiger charge is 2.21. The Morgan fingerprint density at radius 1 is 1.17 bits per heavy atom. The van der Waals surface area contributed by atoms with Gasteiger partial charge in [-0.15, -0.1) is 0 Å². The molecule has 0 aliphatic carbocycles. The van der Waals surface area contributed by atoms with E-state index in [9.17, 15) is 4.79 Å². The molecule has 0 saturated heterocycles. The van der Waals surface area contributed by atoms with Gasteiger partial charge in [-0.05, 0) is 46.5 Å². The molecule has 0 spiro atoms. The first-order chi connectivity index (χ1) is 8.30. The number of carbonyl (C=O) groups excluding carboxylic acids is 1. The minimum absolute atomic E-state index is 0.186. The fourth-order valence-corrected chi connectivity index (χ4v) is 2.09. The molecule has 0 rings (SSSR count). The van der Waals surface area contributed by atoms with Crippen LogP contribution in [0.25, 0.3) is 0 Å². The molecule has 0 heterocycles. The van der Waals surface area contributed by atoms with Crippen molar-refractivity contribution in [2.45, 2.75) is 85.3 Å². The Labute approximate surface area is 113 Å². The second-order valence-corrected chi connectivity index (χ2v) is 6.13. The number of ether oxygens (including phenoxy) is 1. The fraction of sp³-hybridized carbons (Fsp3) is 0.933. The summed E-state index contributed by atoms with van der Waals surface area (Å²) in [7, 11) is 0. The van der Waals surface area contributed by atoms with Gasteiger partial charge in [-0.1, -0.05) is 33.1 Å². The predicted octanol–water partition coefficient (Wildman–Crippen LogP) is 4.51. The predicted molar refractivity (Wildman–Crippen MR) is 76.8 cm³/mol. The zero-order valence-corrected chi connectivity index (χ0v) is 13.0. The van der Waals surface area contributed by atoms with E-state index < -0.39 is 5.60 Å². The van der Waals surface area contributed by atoms with E-state index in [-0.39, 0.29) is 12.1 Å². The maximum atomic E-state index is 11.7. The zero-order chi connectivity index (χ0) is 14.2. The summed E-state index contributed by atoms with van der Waals surface area (Å²) in [5, 5.41) is 2.97. The van der Waals surface area contributed by atoms with Crippen LogP contribution in [-0.4, -0.2) is 17.7 Å². The van der Waals surface area contributed by atoms with Crippen LogP contribution < -0.4 is 5.32 Å². The molecule has 18 heavy (non-hydrogen) atoms. The number of unbranched alkanes of at least 4 members (excludes halogenated alkanes) is 1. The Morgan fingerprint density at radius 3 is 2.22 bits per heavy atom. The molecule has 3 nitrogen and oxygen atoms in total. The number of amides is 1. The number of alkyl carbamates (subject to hydrolysis) is 1. The third-order valence-electron chi connectivity index (χ3n) is 3.04. The minimum atomic E-state index is -0.423. The highest BCUT2D eigenvalue weighted by Crippen LogP contribution is 2.19. The second-order valence-electron chi connectivity index (χ2n) is 6.13. The van der Waals surface area contributed by atoms with Gasteiger partial charge in [0.1, 0.15) is 5.60 Å². The van der Waals surface area contributed by atoms with Crippen molar-refractivity contribution in [1.29, 1.82) is 0 Å². The molecule has 0 aromatic carbocycles. The SMILES string of the molecule is CCCCC(CCC)C(C)NC(=O)OC(C)(C)C. The Kier molecular flexibility index (Phi) is 8.05. The standard InChI is InChI=1S/C15H31NO2/c1-7-9-11-13(10-8-2)12(3)16-14(17)18-15(4,5)6/h12-13H,7-11H2,1-6H3,(H,16,17). The van der Waals surface area contributed by atoms with Crippen molar-refractivity contribution in [2.24, 2.45) is 5.92 Å². The lowest BCUT2D eigenvalue weighted by molar-refractivity contribution is 0.0488. The van der Waals surface area contributed by atoms with E-state index in [0.29, 0.717) is 5.92 Å². The molecule has 2 unspecified atom stereocenters. The molecule has 0 radical (unpaired) electrons. The number of carbonyl (C=O) groups is 1. The Bertz CT molecular complexity index is 233. The topological polar surface area (TPSA) is 38.3 Å². The summed E-state index contributed by atoms with van der Waals surface area (Å²) in [5.74, 6) is 0.558. The van der Waals surface area contributed by atoms with Crippen molar-refractivity contribution < 1.29 is 9.53 Å². The molecule has 0 aliphatic rings.